The van der Waals surface area contributed by atoms with Gasteiger partial charge >= 0.3 is 0 Å². The molecule has 0 radical (unpaired) electrons. The standard InChI is InChI=1S/C17H28N2O2/c1-12(2)19-16(20)13(3)21-15-9-7-14(8-10-15)11-18-17(4,5)6/h7-10,12-13,18H,11H2,1-6H3,(H,19,20). The van der Waals surface area contributed by atoms with Crippen molar-refractivity contribution in [3.05, 3.63) is 29.8 Å². The maximum absolute atomic E-state index is 11.8. The SMILES string of the molecule is CC(C)NC(=O)C(C)Oc1ccc(CNC(C)(C)C)cc1. The van der Waals surface area contributed by atoms with Gasteiger partial charge in [-0.1, -0.05) is 12.1 Å². The van der Waals surface area contributed by atoms with Gasteiger partial charge in [-0.3, -0.25) is 4.79 Å². The lowest BCUT2D eigenvalue weighted by molar-refractivity contribution is -0.127. The Balaban J connectivity index is 2.52. The van der Waals surface area contributed by atoms with Gasteiger partial charge in [-0.05, 0) is 59.2 Å². The topological polar surface area (TPSA) is 50.4 Å². The molecule has 21 heavy (non-hydrogen) atoms. The highest BCUT2D eigenvalue weighted by atomic mass is 16.5. The van der Waals surface area contributed by atoms with E-state index in [0.29, 0.717) is 5.75 Å². The summed E-state index contributed by atoms with van der Waals surface area (Å²) in [7, 11) is 0. The van der Waals surface area contributed by atoms with Gasteiger partial charge in [-0.2, -0.15) is 0 Å². The van der Waals surface area contributed by atoms with E-state index < -0.39 is 6.10 Å². The van der Waals surface area contributed by atoms with Gasteiger partial charge in [0.05, 0.1) is 0 Å². The van der Waals surface area contributed by atoms with Crippen LogP contribution in [0.5, 0.6) is 5.75 Å². The summed E-state index contributed by atoms with van der Waals surface area (Å²) in [5.74, 6) is 0.615. The maximum Gasteiger partial charge on any atom is 0.260 e. The molecule has 0 aliphatic rings. The van der Waals surface area contributed by atoms with Crippen LogP contribution in [0, 0.1) is 0 Å². The molecule has 118 valence electrons. The van der Waals surface area contributed by atoms with E-state index in [9.17, 15) is 4.79 Å². The minimum Gasteiger partial charge on any atom is -0.481 e. The first-order chi connectivity index (χ1) is 9.67. The normalized spacial score (nSPS) is 13.1. The van der Waals surface area contributed by atoms with E-state index in [1.807, 2.05) is 38.1 Å². The second-order valence-electron chi connectivity index (χ2n) is 6.67. The van der Waals surface area contributed by atoms with E-state index >= 15 is 0 Å². The molecule has 4 heteroatoms. The van der Waals surface area contributed by atoms with Crippen molar-refractivity contribution in [1.82, 2.24) is 10.6 Å². The number of amides is 1. The second kappa shape index (κ2) is 7.46. The van der Waals surface area contributed by atoms with Crippen molar-refractivity contribution in [2.75, 3.05) is 0 Å². The molecule has 1 amide bonds. The van der Waals surface area contributed by atoms with Crippen molar-refractivity contribution < 1.29 is 9.53 Å². The molecular formula is C17H28N2O2. The van der Waals surface area contributed by atoms with Gasteiger partial charge in [0.25, 0.3) is 5.91 Å². The molecule has 4 nitrogen and oxygen atoms in total. The summed E-state index contributed by atoms with van der Waals surface area (Å²) in [6, 6.07) is 7.95. The zero-order valence-corrected chi connectivity index (χ0v) is 14.0. The van der Waals surface area contributed by atoms with Crippen molar-refractivity contribution >= 4 is 5.91 Å². The second-order valence-corrected chi connectivity index (χ2v) is 6.67. The maximum atomic E-state index is 11.8. The Morgan fingerprint density at radius 3 is 2.19 bits per heavy atom. The van der Waals surface area contributed by atoms with Gasteiger partial charge in [0.1, 0.15) is 5.75 Å². The summed E-state index contributed by atoms with van der Waals surface area (Å²) < 4.78 is 5.64. The van der Waals surface area contributed by atoms with Crippen LogP contribution < -0.4 is 15.4 Å². The number of benzene rings is 1. The Hall–Kier alpha value is -1.55. The van der Waals surface area contributed by atoms with Crippen LogP contribution in [-0.2, 0) is 11.3 Å². The number of carbonyl (C=O) groups excluding carboxylic acids is 1. The molecule has 0 saturated carbocycles. The van der Waals surface area contributed by atoms with Gasteiger partial charge in [-0.15, -0.1) is 0 Å². The fraction of sp³-hybridized carbons (Fsp3) is 0.588. The first-order valence-corrected chi connectivity index (χ1v) is 7.48. The molecule has 0 spiro atoms. The summed E-state index contributed by atoms with van der Waals surface area (Å²) in [5.41, 5.74) is 1.29. The molecule has 1 aromatic rings. The number of hydrogen-bond donors (Lipinski definition) is 2. The van der Waals surface area contributed by atoms with Crippen LogP contribution in [0.15, 0.2) is 24.3 Å². The third-order valence-corrected chi connectivity index (χ3v) is 2.86. The van der Waals surface area contributed by atoms with E-state index in [2.05, 4.69) is 31.4 Å². The van der Waals surface area contributed by atoms with E-state index in [4.69, 9.17) is 4.74 Å². The molecule has 1 unspecified atom stereocenters. The van der Waals surface area contributed by atoms with Crippen LogP contribution in [0.3, 0.4) is 0 Å². The van der Waals surface area contributed by atoms with Crippen molar-refractivity contribution in [2.24, 2.45) is 0 Å². The van der Waals surface area contributed by atoms with Crippen LogP contribution in [-0.4, -0.2) is 23.6 Å². The Morgan fingerprint density at radius 2 is 1.71 bits per heavy atom. The average Bonchev–Trinajstić information content (AvgIpc) is 2.36. The summed E-state index contributed by atoms with van der Waals surface area (Å²) >= 11 is 0. The van der Waals surface area contributed by atoms with E-state index in [0.717, 1.165) is 6.54 Å². The smallest absolute Gasteiger partial charge is 0.260 e. The van der Waals surface area contributed by atoms with Crippen LogP contribution in [0.1, 0.15) is 47.1 Å². The fourth-order valence-electron chi connectivity index (χ4n) is 1.71. The Morgan fingerprint density at radius 1 is 1.14 bits per heavy atom. The summed E-state index contributed by atoms with van der Waals surface area (Å²) in [5, 5.41) is 6.27. The molecule has 0 saturated heterocycles. The van der Waals surface area contributed by atoms with E-state index in [1.54, 1.807) is 6.92 Å². The lowest BCUT2D eigenvalue weighted by Crippen LogP contribution is -2.40. The fourth-order valence-corrected chi connectivity index (χ4v) is 1.71. The Bertz CT molecular complexity index is 447. The van der Waals surface area contributed by atoms with Crippen molar-refractivity contribution in [3.63, 3.8) is 0 Å². The number of ether oxygens (including phenoxy) is 1. The highest BCUT2D eigenvalue weighted by Crippen LogP contribution is 2.14. The third kappa shape index (κ3) is 7.14. The van der Waals surface area contributed by atoms with Crippen LogP contribution >= 0.6 is 0 Å². The lowest BCUT2D eigenvalue weighted by atomic mass is 10.1. The molecular weight excluding hydrogens is 264 g/mol. The molecule has 0 fully saturated rings. The van der Waals surface area contributed by atoms with Gasteiger partial charge in [0.15, 0.2) is 6.10 Å². The number of hydrogen-bond acceptors (Lipinski definition) is 3. The molecule has 1 rings (SSSR count). The van der Waals surface area contributed by atoms with E-state index in [1.165, 1.54) is 5.56 Å². The highest BCUT2D eigenvalue weighted by molar-refractivity contribution is 5.80. The van der Waals surface area contributed by atoms with Crippen LogP contribution in [0.2, 0.25) is 0 Å². The zero-order chi connectivity index (χ0) is 16.0. The van der Waals surface area contributed by atoms with Crippen LogP contribution in [0.25, 0.3) is 0 Å². The number of nitrogens with one attached hydrogen (secondary N) is 2. The number of carbonyl (C=O) groups is 1. The molecule has 0 aliphatic carbocycles. The first-order valence-electron chi connectivity index (χ1n) is 7.48. The molecule has 1 atom stereocenters. The van der Waals surface area contributed by atoms with Crippen LogP contribution in [0.4, 0.5) is 0 Å². The molecule has 0 aromatic heterocycles. The van der Waals surface area contributed by atoms with Gasteiger partial charge in [-0.25, -0.2) is 0 Å². The van der Waals surface area contributed by atoms with Crippen molar-refractivity contribution in [1.29, 1.82) is 0 Å². The molecule has 0 heterocycles. The van der Waals surface area contributed by atoms with Gasteiger partial charge < -0.3 is 15.4 Å². The quantitative estimate of drug-likeness (QED) is 0.847. The van der Waals surface area contributed by atoms with E-state index in [-0.39, 0.29) is 17.5 Å². The Kier molecular flexibility index (Phi) is 6.21. The largest absolute Gasteiger partial charge is 0.481 e. The zero-order valence-electron chi connectivity index (χ0n) is 14.0. The van der Waals surface area contributed by atoms with Gasteiger partial charge in [0, 0.05) is 18.1 Å². The highest BCUT2D eigenvalue weighted by Gasteiger charge is 2.15. The molecule has 0 bridgehead atoms. The molecule has 2 N–H and O–H groups in total. The molecule has 1 aromatic carbocycles. The summed E-state index contributed by atoms with van der Waals surface area (Å²) in [4.78, 5) is 11.8. The number of rotatable bonds is 6. The monoisotopic (exact) mass is 292 g/mol. The minimum atomic E-state index is -0.494. The summed E-state index contributed by atoms with van der Waals surface area (Å²) in [6.07, 6.45) is -0.494. The molecule has 0 aliphatic heterocycles. The predicted octanol–water partition coefficient (Wildman–Crippen LogP) is 2.87. The predicted molar refractivity (Wildman–Crippen MR) is 86.4 cm³/mol. The summed E-state index contributed by atoms with van der Waals surface area (Å²) in [6.45, 7) is 12.8. The average molecular weight is 292 g/mol. The Labute approximate surface area is 128 Å². The first kappa shape index (κ1) is 17.5. The van der Waals surface area contributed by atoms with Crippen molar-refractivity contribution in [2.45, 2.75) is 65.8 Å². The third-order valence-electron chi connectivity index (χ3n) is 2.86. The van der Waals surface area contributed by atoms with Gasteiger partial charge in [0.2, 0.25) is 0 Å². The lowest BCUT2D eigenvalue weighted by Gasteiger charge is -2.21. The minimum absolute atomic E-state index is 0.0940. The van der Waals surface area contributed by atoms with Crippen molar-refractivity contribution in [3.8, 4) is 5.75 Å².